The SMILES string of the molecule is CCCN1CCN(c2ccc(C3=NC4(CCCCC4)C(=O)O3)cc2)CC1.Cl. The Balaban J connectivity index is 0.00000210. The number of ether oxygens (including phenoxy) is 1. The summed E-state index contributed by atoms with van der Waals surface area (Å²) in [6, 6.07) is 8.35. The molecular formula is C21H30ClN3O2. The molecule has 148 valence electrons. The number of cyclic esters (lactones) is 1. The molecule has 1 saturated heterocycles. The minimum atomic E-state index is -0.595. The van der Waals surface area contributed by atoms with Crippen LogP contribution >= 0.6 is 12.4 Å². The van der Waals surface area contributed by atoms with Crippen LogP contribution in [0.4, 0.5) is 5.69 Å². The Labute approximate surface area is 168 Å². The van der Waals surface area contributed by atoms with E-state index >= 15 is 0 Å². The maximum atomic E-state index is 12.4. The van der Waals surface area contributed by atoms with E-state index in [0.717, 1.165) is 57.4 Å². The van der Waals surface area contributed by atoms with Crippen molar-refractivity contribution in [2.24, 2.45) is 4.99 Å². The molecule has 0 N–H and O–H groups in total. The second-order valence-corrected chi connectivity index (χ2v) is 7.77. The van der Waals surface area contributed by atoms with Gasteiger partial charge in [0.15, 0.2) is 5.54 Å². The quantitative estimate of drug-likeness (QED) is 0.735. The molecule has 6 heteroatoms. The summed E-state index contributed by atoms with van der Waals surface area (Å²) in [5.74, 6) is 0.361. The number of anilines is 1. The van der Waals surface area contributed by atoms with Gasteiger partial charge in [0, 0.05) is 37.4 Å². The molecule has 0 radical (unpaired) electrons. The van der Waals surface area contributed by atoms with Crippen molar-refractivity contribution in [2.75, 3.05) is 37.6 Å². The molecule has 5 nitrogen and oxygen atoms in total. The summed E-state index contributed by atoms with van der Waals surface area (Å²) in [6.07, 6.45) is 6.20. The number of carbonyl (C=O) groups is 1. The molecule has 1 aliphatic carbocycles. The van der Waals surface area contributed by atoms with Crippen LogP contribution in [0.2, 0.25) is 0 Å². The first-order valence-electron chi connectivity index (χ1n) is 10.1. The molecule has 1 saturated carbocycles. The van der Waals surface area contributed by atoms with Gasteiger partial charge in [-0.25, -0.2) is 9.79 Å². The average molecular weight is 392 g/mol. The van der Waals surface area contributed by atoms with Gasteiger partial charge in [-0.05, 0) is 50.1 Å². The number of halogens is 1. The van der Waals surface area contributed by atoms with Gasteiger partial charge in [-0.1, -0.05) is 26.2 Å². The van der Waals surface area contributed by atoms with Gasteiger partial charge in [0.05, 0.1) is 0 Å². The van der Waals surface area contributed by atoms with Crippen LogP contribution in [-0.2, 0) is 9.53 Å². The topological polar surface area (TPSA) is 45.1 Å². The van der Waals surface area contributed by atoms with Crippen LogP contribution in [0.25, 0.3) is 0 Å². The zero-order chi connectivity index (χ0) is 18.0. The Hall–Kier alpha value is -1.59. The molecule has 4 rings (SSSR count). The second-order valence-electron chi connectivity index (χ2n) is 7.77. The van der Waals surface area contributed by atoms with E-state index in [1.807, 2.05) is 12.1 Å². The first-order valence-corrected chi connectivity index (χ1v) is 10.1. The van der Waals surface area contributed by atoms with E-state index in [-0.39, 0.29) is 18.4 Å². The predicted molar refractivity (Wildman–Crippen MR) is 111 cm³/mol. The summed E-state index contributed by atoms with van der Waals surface area (Å²) < 4.78 is 5.56. The molecule has 3 aliphatic rings. The Morgan fingerprint density at radius 2 is 1.70 bits per heavy atom. The number of hydrogen-bond acceptors (Lipinski definition) is 5. The summed E-state index contributed by atoms with van der Waals surface area (Å²) in [4.78, 5) is 22.1. The van der Waals surface area contributed by atoms with Gasteiger partial charge >= 0.3 is 5.97 Å². The first-order chi connectivity index (χ1) is 12.7. The van der Waals surface area contributed by atoms with Crippen LogP contribution in [0.5, 0.6) is 0 Å². The van der Waals surface area contributed by atoms with Gasteiger partial charge in [-0.3, -0.25) is 4.90 Å². The number of nitrogens with zero attached hydrogens (tertiary/aromatic N) is 3. The van der Waals surface area contributed by atoms with Gasteiger partial charge in [0.1, 0.15) is 0 Å². The molecule has 1 aromatic carbocycles. The van der Waals surface area contributed by atoms with Crippen molar-refractivity contribution in [3.05, 3.63) is 29.8 Å². The van der Waals surface area contributed by atoms with Crippen molar-refractivity contribution in [1.82, 2.24) is 4.90 Å². The molecule has 0 amide bonds. The van der Waals surface area contributed by atoms with E-state index in [0.29, 0.717) is 5.90 Å². The molecule has 1 aromatic rings. The van der Waals surface area contributed by atoms with Crippen molar-refractivity contribution < 1.29 is 9.53 Å². The molecule has 2 heterocycles. The van der Waals surface area contributed by atoms with E-state index < -0.39 is 5.54 Å². The van der Waals surface area contributed by atoms with Gasteiger partial charge in [0.2, 0.25) is 5.90 Å². The van der Waals surface area contributed by atoms with E-state index in [9.17, 15) is 4.79 Å². The third-order valence-electron chi connectivity index (χ3n) is 5.96. The highest BCUT2D eigenvalue weighted by Crippen LogP contribution is 2.37. The lowest BCUT2D eigenvalue weighted by molar-refractivity contribution is -0.140. The minimum Gasteiger partial charge on any atom is -0.405 e. The smallest absolute Gasteiger partial charge is 0.340 e. The molecule has 0 bridgehead atoms. The molecular weight excluding hydrogens is 362 g/mol. The second kappa shape index (κ2) is 8.61. The highest BCUT2D eigenvalue weighted by atomic mass is 35.5. The maximum absolute atomic E-state index is 12.4. The normalized spacial score (nSPS) is 22.3. The summed E-state index contributed by atoms with van der Waals surface area (Å²) in [7, 11) is 0. The maximum Gasteiger partial charge on any atom is 0.340 e. The predicted octanol–water partition coefficient (Wildman–Crippen LogP) is 3.65. The van der Waals surface area contributed by atoms with Crippen LogP contribution in [0, 0.1) is 0 Å². The molecule has 2 fully saturated rings. The zero-order valence-electron chi connectivity index (χ0n) is 16.2. The lowest BCUT2D eigenvalue weighted by atomic mass is 9.83. The fourth-order valence-corrected chi connectivity index (χ4v) is 4.38. The van der Waals surface area contributed by atoms with Gasteiger partial charge < -0.3 is 9.64 Å². The number of carbonyl (C=O) groups excluding carboxylic acids is 1. The van der Waals surface area contributed by atoms with Gasteiger partial charge in [0.25, 0.3) is 0 Å². The average Bonchev–Trinajstić information content (AvgIpc) is 2.99. The van der Waals surface area contributed by atoms with Crippen molar-refractivity contribution in [2.45, 2.75) is 51.0 Å². The molecule has 27 heavy (non-hydrogen) atoms. The van der Waals surface area contributed by atoms with Crippen molar-refractivity contribution in [1.29, 1.82) is 0 Å². The van der Waals surface area contributed by atoms with E-state index in [4.69, 9.17) is 9.73 Å². The van der Waals surface area contributed by atoms with Gasteiger partial charge in [-0.15, -0.1) is 12.4 Å². The fraction of sp³-hybridized carbons (Fsp3) is 0.619. The molecule has 0 atom stereocenters. The molecule has 1 spiro atoms. The first kappa shape index (κ1) is 20.2. The Morgan fingerprint density at radius 1 is 1.04 bits per heavy atom. The van der Waals surface area contributed by atoms with Crippen LogP contribution < -0.4 is 4.90 Å². The number of hydrogen-bond donors (Lipinski definition) is 0. The fourth-order valence-electron chi connectivity index (χ4n) is 4.38. The van der Waals surface area contributed by atoms with Crippen molar-refractivity contribution in [3.63, 3.8) is 0 Å². The van der Waals surface area contributed by atoms with E-state index in [2.05, 4.69) is 28.9 Å². The number of piperazine rings is 1. The zero-order valence-corrected chi connectivity index (χ0v) is 17.0. The molecule has 2 aliphatic heterocycles. The monoisotopic (exact) mass is 391 g/mol. The Kier molecular flexibility index (Phi) is 6.43. The molecule has 0 aromatic heterocycles. The Bertz CT molecular complexity index is 675. The van der Waals surface area contributed by atoms with E-state index in [1.54, 1.807) is 0 Å². The lowest BCUT2D eigenvalue weighted by Crippen LogP contribution is -2.46. The van der Waals surface area contributed by atoms with Crippen molar-refractivity contribution >= 4 is 30.0 Å². The largest absolute Gasteiger partial charge is 0.405 e. The minimum absolute atomic E-state index is 0. The van der Waals surface area contributed by atoms with Gasteiger partial charge in [-0.2, -0.15) is 0 Å². The third kappa shape index (κ3) is 4.14. The van der Waals surface area contributed by atoms with E-state index in [1.165, 1.54) is 25.1 Å². The van der Waals surface area contributed by atoms with Crippen molar-refractivity contribution in [3.8, 4) is 0 Å². The van der Waals surface area contributed by atoms with Crippen LogP contribution in [0.3, 0.4) is 0 Å². The van der Waals surface area contributed by atoms with Crippen LogP contribution in [0.15, 0.2) is 29.3 Å². The lowest BCUT2D eigenvalue weighted by Gasteiger charge is -2.36. The summed E-state index contributed by atoms with van der Waals surface area (Å²) >= 11 is 0. The number of aliphatic imine (C=N–C) groups is 1. The summed E-state index contributed by atoms with van der Waals surface area (Å²) in [5, 5.41) is 0. The summed E-state index contributed by atoms with van der Waals surface area (Å²) in [5.41, 5.74) is 1.55. The van der Waals surface area contributed by atoms with Crippen LogP contribution in [0.1, 0.15) is 51.0 Å². The molecule has 0 unspecified atom stereocenters. The third-order valence-corrected chi connectivity index (χ3v) is 5.96. The number of esters is 1. The number of rotatable bonds is 4. The number of benzene rings is 1. The van der Waals surface area contributed by atoms with Crippen LogP contribution in [-0.4, -0.2) is 55.0 Å². The standard InChI is InChI=1S/C21H29N3O2.ClH/c1-2-12-23-13-15-24(16-14-23)18-8-6-17(7-9-18)19-22-21(20(25)26-19)10-4-3-5-11-21;/h6-9H,2-5,10-16H2,1H3;1H. The highest BCUT2D eigenvalue weighted by Gasteiger charge is 2.46. The summed E-state index contributed by atoms with van der Waals surface area (Å²) in [6.45, 7) is 7.82. The Morgan fingerprint density at radius 3 is 2.33 bits per heavy atom. The highest BCUT2D eigenvalue weighted by molar-refractivity contribution is 6.08.